The van der Waals surface area contributed by atoms with E-state index < -0.39 is 0 Å². The maximum absolute atomic E-state index is 5.86. The van der Waals surface area contributed by atoms with Crippen LogP contribution >= 0.6 is 22.9 Å². The van der Waals surface area contributed by atoms with Crippen LogP contribution in [0.3, 0.4) is 0 Å². The summed E-state index contributed by atoms with van der Waals surface area (Å²) in [6.07, 6.45) is 4.45. The fourth-order valence-electron chi connectivity index (χ4n) is 2.11. The quantitative estimate of drug-likeness (QED) is 0.767. The van der Waals surface area contributed by atoms with E-state index in [4.69, 9.17) is 11.6 Å². The van der Waals surface area contributed by atoms with Gasteiger partial charge < -0.3 is 4.90 Å². The lowest BCUT2D eigenvalue weighted by Crippen LogP contribution is -2.24. The highest BCUT2D eigenvalue weighted by Crippen LogP contribution is 2.33. The van der Waals surface area contributed by atoms with E-state index in [0.717, 1.165) is 12.2 Å². The number of hydrogen-bond acceptors (Lipinski definition) is 3. The first-order valence-corrected chi connectivity index (χ1v) is 7.58. The number of thiophene rings is 1. The maximum atomic E-state index is 5.86. The molecule has 94 valence electrons. The predicted octanol–water partition coefficient (Wildman–Crippen LogP) is 4.05. The Morgan fingerprint density at radius 3 is 2.94 bits per heavy atom. The van der Waals surface area contributed by atoms with Crippen molar-refractivity contribution < 1.29 is 0 Å². The molecular weight excluding hydrogens is 264 g/mol. The summed E-state index contributed by atoms with van der Waals surface area (Å²) in [7, 11) is 0. The Morgan fingerprint density at radius 2 is 2.28 bits per heavy atom. The summed E-state index contributed by atoms with van der Waals surface area (Å²) in [5.41, 5.74) is 2.20. The van der Waals surface area contributed by atoms with E-state index in [2.05, 4.69) is 39.5 Å². The Bertz CT molecular complexity index is 508. The van der Waals surface area contributed by atoms with Gasteiger partial charge in [-0.1, -0.05) is 6.07 Å². The van der Waals surface area contributed by atoms with Crippen LogP contribution in [0.2, 0.25) is 0 Å². The zero-order chi connectivity index (χ0) is 12.4. The normalized spacial score (nSPS) is 14.7. The van der Waals surface area contributed by atoms with Crippen molar-refractivity contribution in [2.45, 2.75) is 31.3 Å². The lowest BCUT2D eigenvalue weighted by Gasteiger charge is -2.24. The Hall–Kier alpha value is -1.06. The number of hydrogen-bond donors (Lipinski definition) is 0. The van der Waals surface area contributed by atoms with Gasteiger partial charge in [-0.25, -0.2) is 0 Å². The molecule has 0 aliphatic heterocycles. The van der Waals surface area contributed by atoms with Gasteiger partial charge in [0.2, 0.25) is 0 Å². The number of halogens is 1. The Balaban J connectivity index is 1.84. The Kier molecular flexibility index (Phi) is 3.52. The van der Waals surface area contributed by atoms with Crippen molar-refractivity contribution >= 4 is 28.6 Å². The van der Waals surface area contributed by atoms with Crippen molar-refractivity contribution in [2.24, 2.45) is 0 Å². The molecule has 0 amide bonds. The van der Waals surface area contributed by atoms with Crippen molar-refractivity contribution in [1.82, 2.24) is 4.98 Å². The SMILES string of the molecule is ClCc1cc(N(Cc2cccs2)C2CC2)ccn1. The number of rotatable bonds is 5. The molecule has 0 aromatic carbocycles. The van der Waals surface area contributed by atoms with E-state index in [1.807, 2.05) is 17.5 Å². The van der Waals surface area contributed by atoms with Gasteiger partial charge in [0, 0.05) is 22.8 Å². The molecule has 2 aromatic rings. The van der Waals surface area contributed by atoms with Crippen LogP contribution < -0.4 is 4.90 Å². The minimum Gasteiger partial charge on any atom is -0.363 e. The van der Waals surface area contributed by atoms with E-state index in [1.165, 1.54) is 23.4 Å². The highest BCUT2D eigenvalue weighted by molar-refractivity contribution is 7.09. The largest absolute Gasteiger partial charge is 0.363 e. The van der Waals surface area contributed by atoms with Crippen LogP contribution in [-0.2, 0) is 12.4 Å². The third kappa shape index (κ3) is 2.68. The van der Waals surface area contributed by atoms with Gasteiger partial charge >= 0.3 is 0 Å². The number of alkyl halides is 1. The molecule has 4 heteroatoms. The van der Waals surface area contributed by atoms with Gasteiger partial charge in [-0.05, 0) is 36.4 Å². The minimum absolute atomic E-state index is 0.478. The first-order chi connectivity index (χ1) is 8.86. The average molecular weight is 279 g/mol. The first kappa shape index (κ1) is 12.0. The molecule has 0 spiro atoms. The molecule has 0 unspecified atom stereocenters. The van der Waals surface area contributed by atoms with Crippen molar-refractivity contribution in [2.75, 3.05) is 4.90 Å². The summed E-state index contributed by atoms with van der Waals surface area (Å²) in [6.45, 7) is 0.994. The van der Waals surface area contributed by atoms with Gasteiger partial charge in [0.1, 0.15) is 0 Å². The fraction of sp³-hybridized carbons (Fsp3) is 0.357. The summed E-state index contributed by atoms with van der Waals surface area (Å²) in [4.78, 5) is 8.15. The molecule has 1 saturated carbocycles. The van der Waals surface area contributed by atoms with Crippen LogP contribution in [0.4, 0.5) is 5.69 Å². The molecule has 0 bridgehead atoms. The summed E-state index contributed by atoms with van der Waals surface area (Å²) in [5.74, 6) is 0.478. The molecule has 2 heterocycles. The molecule has 0 saturated heterocycles. The molecular formula is C14H15ClN2S. The van der Waals surface area contributed by atoms with E-state index in [0.29, 0.717) is 11.9 Å². The van der Waals surface area contributed by atoms with Crippen LogP contribution in [0.5, 0.6) is 0 Å². The molecule has 2 aromatic heterocycles. The second-order valence-corrected chi connectivity index (χ2v) is 5.88. The predicted molar refractivity (Wildman–Crippen MR) is 77.3 cm³/mol. The topological polar surface area (TPSA) is 16.1 Å². The van der Waals surface area contributed by atoms with Gasteiger partial charge in [0.25, 0.3) is 0 Å². The minimum atomic E-state index is 0.478. The second-order valence-electron chi connectivity index (χ2n) is 4.58. The van der Waals surface area contributed by atoms with E-state index >= 15 is 0 Å². The lowest BCUT2D eigenvalue weighted by atomic mass is 10.2. The number of nitrogens with zero attached hydrogens (tertiary/aromatic N) is 2. The highest BCUT2D eigenvalue weighted by Gasteiger charge is 2.29. The van der Waals surface area contributed by atoms with E-state index in [9.17, 15) is 0 Å². The smallest absolute Gasteiger partial charge is 0.0648 e. The van der Waals surface area contributed by atoms with Crippen LogP contribution in [0.1, 0.15) is 23.4 Å². The molecule has 18 heavy (non-hydrogen) atoms. The standard InChI is InChI=1S/C14H15ClN2S/c15-9-11-8-13(5-6-16-11)17(12-3-4-12)10-14-2-1-7-18-14/h1-2,5-8,12H,3-4,9-10H2. The summed E-state index contributed by atoms with van der Waals surface area (Å²) in [5, 5.41) is 2.14. The zero-order valence-corrected chi connectivity index (χ0v) is 11.6. The third-order valence-corrected chi connectivity index (χ3v) is 4.30. The number of aromatic nitrogens is 1. The van der Waals surface area contributed by atoms with E-state index in [1.54, 1.807) is 0 Å². The molecule has 3 rings (SSSR count). The molecule has 1 aliphatic carbocycles. The van der Waals surface area contributed by atoms with Gasteiger partial charge in [-0.2, -0.15) is 0 Å². The number of pyridine rings is 1. The molecule has 0 radical (unpaired) electrons. The third-order valence-electron chi connectivity index (χ3n) is 3.16. The van der Waals surface area contributed by atoms with Gasteiger partial charge in [-0.3, -0.25) is 4.98 Å². The van der Waals surface area contributed by atoms with Gasteiger partial charge in [0.05, 0.1) is 18.1 Å². The molecule has 0 atom stereocenters. The van der Waals surface area contributed by atoms with Crippen LogP contribution in [0.15, 0.2) is 35.8 Å². The van der Waals surface area contributed by atoms with Crippen molar-refractivity contribution in [3.05, 3.63) is 46.4 Å². The average Bonchev–Trinajstić information content (AvgIpc) is 3.13. The monoisotopic (exact) mass is 278 g/mol. The van der Waals surface area contributed by atoms with Crippen LogP contribution in [-0.4, -0.2) is 11.0 Å². The summed E-state index contributed by atoms with van der Waals surface area (Å²) >= 11 is 7.68. The molecule has 1 aliphatic rings. The molecule has 1 fully saturated rings. The first-order valence-electron chi connectivity index (χ1n) is 6.17. The van der Waals surface area contributed by atoms with Crippen LogP contribution in [0.25, 0.3) is 0 Å². The number of anilines is 1. The summed E-state index contributed by atoms with van der Waals surface area (Å²) in [6, 6.07) is 9.20. The molecule has 0 N–H and O–H groups in total. The van der Waals surface area contributed by atoms with E-state index in [-0.39, 0.29) is 0 Å². The lowest BCUT2D eigenvalue weighted by molar-refractivity contribution is 0.801. The van der Waals surface area contributed by atoms with Crippen molar-refractivity contribution in [3.8, 4) is 0 Å². The van der Waals surface area contributed by atoms with Crippen molar-refractivity contribution in [1.29, 1.82) is 0 Å². The summed E-state index contributed by atoms with van der Waals surface area (Å²) < 4.78 is 0. The zero-order valence-electron chi connectivity index (χ0n) is 10.1. The van der Waals surface area contributed by atoms with Crippen LogP contribution in [0, 0.1) is 0 Å². The van der Waals surface area contributed by atoms with Gasteiger partial charge in [0.15, 0.2) is 0 Å². The maximum Gasteiger partial charge on any atom is 0.0648 e. The molecule has 2 nitrogen and oxygen atoms in total. The van der Waals surface area contributed by atoms with Crippen molar-refractivity contribution in [3.63, 3.8) is 0 Å². The Morgan fingerprint density at radius 1 is 1.39 bits per heavy atom. The highest BCUT2D eigenvalue weighted by atomic mass is 35.5. The van der Waals surface area contributed by atoms with Gasteiger partial charge in [-0.15, -0.1) is 22.9 Å². The Labute approximate surface area is 116 Å². The second kappa shape index (κ2) is 5.29. The fourth-order valence-corrected chi connectivity index (χ4v) is 2.95.